The fourth-order valence-electron chi connectivity index (χ4n) is 2.83. The van der Waals surface area contributed by atoms with Crippen molar-refractivity contribution in [2.75, 3.05) is 18.4 Å². The lowest BCUT2D eigenvalue weighted by atomic mass is 10.1. The molecule has 2 fully saturated rings. The second kappa shape index (κ2) is 3.76. The van der Waals surface area contributed by atoms with Crippen molar-refractivity contribution in [3.05, 3.63) is 11.1 Å². The molecule has 0 amide bonds. The molecule has 0 radical (unpaired) electrons. The molecule has 0 aromatic carbocycles. The summed E-state index contributed by atoms with van der Waals surface area (Å²) in [5, 5.41) is 6.82. The minimum atomic E-state index is 0.637. The van der Waals surface area contributed by atoms with Crippen molar-refractivity contribution in [3.8, 4) is 0 Å². The number of rotatable bonds is 2. The lowest BCUT2D eigenvalue weighted by molar-refractivity contribution is 0.318. The largest absolute Gasteiger partial charge is 0.357 e. The van der Waals surface area contributed by atoms with E-state index in [1.165, 1.54) is 32.4 Å². The van der Waals surface area contributed by atoms with E-state index in [4.69, 9.17) is 0 Å². The highest BCUT2D eigenvalue weighted by Gasteiger charge is 2.37. The molecule has 1 aromatic rings. The summed E-state index contributed by atoms with van der Waals surface area (Å²) in [6.07, 6.45) is 4.02. The molecular formula is C11H17N3S. The van der Waals surface area contributed by atoms with E-state index in [2.05, 4.69) is 27.5 Å². The number of thiazole rings is 1. The third kappa shape index (κ3) is 1.76. The van der Waals surface area contributed by atoms with Gasteiger partial charge in [0.05, 0.1) is 5.69 Å². The van der Waals surface area contributed by atoms with Gasteiger partial charge in [-0.25, -0.2) is 4.98 Å². The molecule has 3 heterocycles. The Bertz CT molecular complexity index is 349. The highest BCUT2D eigenvalue weighted by molar-refractivity contribution is 7.13. The molecular weight excluding hydrogens is 206 g/mol. The maximum absolute atomic E-state index is 4.48. The van der Waals surface area contributed by atoms with Crippen LogP contribution in [0.3, 0.4) is 0 Å². The molecule has 0 saturated carbocycles. The number of fused-ring (bicyclic) bond motifs is 1. The Kier molecular flexibility index (Phi) is 2.41. The summed E-state index contributed by atoms with van der Waals surface area (Å²) in [5.74, 6) is 0. The van der Waals surface area contributed by atoms with Gasteiger partial charge in [-0.05, 0) is 32.7 Å². The predicted octanol–water partition coefficient (Wildman–Crippen LogP) is 2.10. The summed E-state index contributed by atoms with van der Waals surface area (Å²) >= 11 is 1.73. The van der Waals surface area contributed by atoms with E-state index in [1.54, 1.807) is 11.3 Å². The number of nitrogens with zero attached hydrogens (tertiary/aromatic N) is 2. The van der Waals surface area contributed by atoms with Crippen LogP contribution in [0.15, 0.2) is 5.38 Å². The molecule has 3 nitrogen and oxygen atoms in total. The zero-order valence-corrected chi connectivity index (χ0v) is 9.89. The van der Waals surface area contributed by atoms with Gasteiger partial charge >= 0.3 is 0 Å². The van der Waals surface area contributed by atoms with Crippen molar-refractivity contribution >= 4 is 16.5 Å². The monoisotopic (exact) mass is 223 g/mol. The molecule has 2 aliphatic heterocycles. The normalized spacial score (nSPS) is 30.7. The maximum Gasteiger partial charge on any atom is 0.183 e. The minimum absolute atomic E-state index is 0.637. The number of hydrogen-bond donors (Lipinski definition) is 1. The fourth-order valence-corrected chi connectivity index (χ4v) is 3.58. The van der Waals surface area contributed by atoms with Crippen LogP contribution in [-0.4, -0.2) is 35.1 Å². The van der Waals surface area contributed by atoms with E-state index in [-0.39, 0.29) is 0 Å². The molecule has 15 heavy (non-hydrogen) atoms. The average Bonchev–Trinajstić information content (AvgIpc) is 2.85. The molecule has 82 valence electrons. The van der Waals surface area contributed by atoms with Crippen LogP contribution in [0, 0.1) is 6.92 Å². The van der Waals surface area contributed by atoms with Gasteiger partial charge < -0.3 is 5.32 Å². The quantitative estimate of drug-likeness (QED) is 0.832. The fraction of sp³-hybridized carbons (Fsp3) is 0.727. The molecule has 2 saturated heterocycles. The highest BCUT2D eigenvalue weighted by Crippen LogP contribution is 2.30. The molecule has 4 heteroatoms. The van der Waals surface area contributed by atoms with Gasteiger partial charge in [-0.1, -0.05) is 0 Å². The number of anilines is 1. The molecule has 1 N–H and O–H groups in total. The van der Waals surface area contributed by atoms with Gasteiger partial charge in [-0.15, -0.1) is 11.3 Å². The van der Waals surface area contributed by atoms with E-state index < -0.39 is 0 Å². The van der Waals surface area contributed by atoms with Crippen molar-refractivity contribution in [3.63, 3.8) is 0 Å². The summed E-state index contributed by atoms with van der Waals surface area (Å²) in [6, 6.07) is 1.41. The Morgan fingerprint density at radius 2 is 2.40 bits per heavy atom. The van der Waals surface area contributed by atoms with E-state index in [1.807, 2.05) is 0 Å². The van der Waals surface area contributed by atoms with Crippen molar-refractivity contribution in [2.24, 2.45) is 0 Å². The van der Waals surface area contributed by atoms with Crippen LogP contribution in [0.2, 0.25) is 0 Å². The van der Waals surface area contributed by atoms with Crippen LogP contribution < -0.4 is 5.32 Å². The molecule has 2 unspecified atom stereocenters. The first kappa shape index (κ1) is 9.60. The van der Waals surface area contributed by atoms with Crippen LogP contribution in [0.4, 0.5) is 5.13 Å². The Labute approximate surface area is 94.5 Å². The predicted molar refractivity (Wildman–Crippen MR) is 63.5 cm³/mol. The Morgan fingerprint density at radius 3 is 3.20 bits per heavy atom. The molecule has 2 atom stereocenters. The summed E-state index contributed by atoms with van der Waals surface area (Å²) in [6.45, 7) is 4.63. The van der Waals surface area contributed by atoms with Crippen molar-refractivity contribution in [1.82, 2.24) is 9.88 Å². The Morgan fingerprint density at radius 1 is 1.47 bits per heavy atom. The molecule has 0 spiro atoms. The number of nitrogens with one attached hydrogen (secondary N) is 1. The van der Waals surface area contributed by atoms with E-state index >= 15 is 0 Å². The molecule has 2 aliphatic rings. The summed E-state index contributed by atoms with van der Waals surface area (Å²) in [4.78, 5) is 7.10. The van der Waals surface area contributed by atoms with Crippen LogP contribution in [-0.2, 0) is 0 Å². The number of aryl methyl sites for hydroxylation is 1. The highest BCUT2D eigenvalue weighted by atomic mass is 32.1. The van der Waals surface area contributed by atoms with Gasteiger partial charge in [0.15, 0.2) is 5.13 Å². The van der Waals surface area contributed by atoms with E-state index in [9.17, 15) is 0 Å². The first-order valence-corrected chi connectivity index (χ1v) is 6.63. The van der Waals surface area contributed by atoms with Crippen molar-refractivity contribution in [1.29, 1.82) is 0 Å². The second-order valence-electron chi connectivity index (χ2n) is 4.58. The zero-order chi connectivity index (χ0) is 10.3. The molecule has 1 aromatic heterocycles. The lowest BCUT2D eigenvalue weighted by Crippen LogP contribution is -2.33. The average molecular weight is 223 g/mol. The van der Waals surface area contributed by atoms with Crippen molar-refractivity contribution < 1.29 is 0 Å². The molecule has 3 rings (SSSR count). The van der Waals surface area contributed by atoms with Gasteiger partial charge in [0.2, 0.25) is 0 Å². The third-order valence-electron chi connectivity index (χ3n) is 3.53. The third-order valence-corrected chi connectivity index (χ3v) is 4.43. The SMILES string of the molecule is Cc1csc(NC2CCN3CCCC23)n1. The minimum Gasteiger partial charge on any atom is -0.357 e. The van der Waals surface area contributed by atoms with Crippen LogP contribution in [0.5, 0.6) is 0 Å². The summed E-state index contributed by atoms with van der Waals surface area (Å²) in [7, 11) is 0. The number of aromatic nitrogens is 1. The maximum atomic E-state index is 4.48. The molecule has 0 aliphatic carbocycles. The first-order valence-electron chi connectivity index (χ1n) is 5.75. The topological polar surface area (TPSA) is 28.2 Å². The first-order chi connectivity index (χ1) is 7.33. The van der Waals surface area contributed by atoms with Crippen LogP contribution in [0.1, 0.15) is 25.0 Å². The van der Waals surface area contributed by atoms with E-state index in [0.29, 0.717) is 6.04 Å². The molecule has 0 bridgehead atoms. The lowest BCUT2D eigenvalue weighted by Gasteiger charge is -2.20. The van der Waals surface area contributed by atoms with Gasteiger partial charge in [0.1, 0.15) is 0 Å². The van der Waals surface area contributed by atoms with Crippen molar-refractivity contribution in [2.45, 2.75) is 38.3 Å². The van der Waals surface area contributed by atoms with Gasteiger partial charge in [-0.2, -0.15) is 0 Å². The Hall–Kier alpha value is -0.610. The van der Waals surface area contributed by atoms with Gasteiger partial charge in [0.25, 0.3) is 0 Å². The van der Waals surface area contributed by atoms with Crippen LogP contribution in [0.25, 0.3) is 0 Å². The van der Waals surface area contributed by atoms with Gasteiger partial charge in [0, 0.05) is 24.0 Å². The van der Waals surface area contributed by atoms with Crippen LogP contribution >= 0.6 is 11.3 Å². The second-order valence-corrected chi connectivity index (χ2v) is 5.44. The standard InChI is InChI=1S/C11H17N3S/c1-8-7-15-11(12-8)13-9-4-6-14-5-2-3-10(9)14/h7,9-10H,2-6H2,1H3,(H,12,13). The van der Waals surface area contributed by atoms with Gasteiger partial charge in [-0.3, -0.25) is 4.90 Å². The van der Waals surface area contributed by atoms with E-state index in [0.717, 1.165) is 16.9 Å². The smallest absolute Gasteiger partial charge is 0.183 e. The number of hydrogen-bond acceptors (Lipinski definition) is 4. The zero-order valence-electron chi connectivity index (χ0n) is 9.07. The Balaban J connectivity index is 1.68. The summed E-state index contributed by atoms with van der Waals surface area (Å²) < 4.78 is 0. The summed E-state index contributed by atoms with van der Waals surface area (Å²) in [5.41, 5.74) is 1.13.